The number of carbonyl (C=O) groups is 3. The van der Waals surface area contributed by atoms with Gasteiger partial charge in [-0.1, -0.05) is 0 Å². The van der Waals surface area contributed by atoms with Crippen molar-refractivity contribution >= 4 is 17.7 Å². The molecule has 0 radical (unpaired) electrons. The van der Waals surface area contributed by atoms with Gasteiger partial charge in [0, 0.05) is 30.8 Å². The molecule has 6 heteroatoms. The van der Waals surface area contributed by atoms with E-state index in [2.05, 4.69) is 10.3 Å². The van der Waals surface area contributed by atoms with E-state index < -0.39 is 12.0 Å². The van der Waals surface area contributed by atoms with Crippen LogP contribution in [-0.4, -0.2) is 35.8 Å². The molecule has 0 aromatic carbocycles. The van der Waals surface area contributed by atoms with Crippen LogP contribution < -0.4 is 5.32 Å². The predicted molar refractivity (Wildman–Crippen MR) is 74.5 cm³/mol. The molecular formula is C15H18N2O4. The quantitative estimate of drug-likeness (QED) is 0.840. The molecule has 1 aromatic rings. The van der Waals surface area contributed by atoms with E-state index in [0.29, 0.717) is 18.4 Å². The second-order valence-corrected chi connectivity index (χ2v) is 5.11. The van der Waals surface area contributed by atoms with Crippen molar-refractivity contribution in [2.75, 3.05) is 7.11 Å². The molecule has 6 nitrogen and oxygen atoms in total. The fraction of sp³-hybridized carbons (Fsp3) is 0.467. The number of amides is 1. The minimum atomic E-state index is -0.792. The molecule has 0 aliphatic heterocycles. The highest BCUT2D eigenvalue weighted by molar-refractivity contribution is 5.96. The molecule has 1 fully saturated rings. The Kier molecular flexibility index (Phi) is 5.03. The molecule has 2 rings (SSSR count). The van der Waals surface area contributed by atoms with E-state index in [1.54, 1.807) is 12.1 Å². The maximum absolute atomic E-state index is 12.2. The summed E-state index contributed by atoms with van der Waals surface area (Å²) in [7, 11) is 1.28. The maximum atomic E-state index is 12.2. The number of hydrogen-bond acceptors (Lipinski definition) is 5. The summed E-state index contributed by atoms with van der Waals surface area (Å²) in [5, 5.41) is 2.68. The molecule has 1 saturated carbocycles. The minimum absolute atomic E-state index is 0.123. The summed E-state index contributed by atoms with van der Waals surface area (Å²) in [5.74, 6) is -0.967. The normalized spacial score (nSPS) is 19.7. The van der Waals surface area contributed by atoms with E-state index in [1.165, 1.54) is 19.5 Å². The Morgan fingerprint density at radius 3 is 2.71 bits per heavy atom. The zero-order valence-corrected chi connectivity index (χ0v) is 11.9. The lowest BCUT2D eigenvalue weighted by Crippen LogP contribution is -2.48. The molecule has 0 spiro atoms. The van der Waals surface area contributed by atoms with E-state index in [0.717, 1.165) is 12.8 Å². The smallest absolute Gasteiger partial charge is 0.328 e. The van der Waals surface area contributed by atoms with Gasteiger partial charge in [0.05, 0.1) is 7.11 Å². The average Bonchev–Trinajstić information content (AvgIpc) is 2.52. The van der Waals surface area contributed by atoms with Crippen molar-refractivity contribution in [1.29, 1.82) is 0 Å². The fourth-order valence-corrected chi connectivity index (χ4v) is 2.57. The molecule has 1 aliphatic rings. The molecule has 21 heavy (non-hydrogen) atoms. The average molecular weight is 290 g/mol. The fourth-order valence-electron chi connectivity index (χ4n) is 2.57. The maximum Gasteiger partial charge on any atom is 0.328 e. The number of esters is 1. The lowest BCUT2D eigenvalue weighted by Gasteiger charge is -2.28. The van der Waals surface area contributed by atoms with Crippen molar-refractivity contribution in [2.24, 2.45) is 5.92 Å². The Hall–Kier alpha value is -2.24. The van der Waals surface area contributed by atoms with Crippen LogP contribution in [0.5, 0.6) is 0 Å². The van der Waals surface area contributed by atoms with Crippen molar-refractivity contribution < 1.29 is 19.1 Å². The summed E-state index contributed by atoms with van der Waals surface area (Å²) in [4.78, 5) is 39.5. The van der Waals surface area contributed by atoms with Crippen LogP contribution >= 0.6 is 0 Å². The number of aromatic nitrogens is 1. The van der Waals surface area contributed by atoms with Gasteiger partial charge >= 0.3 is 5.97 Å². The summed E-state index contributed by atoms with van der Waals surface area (Å²) in [6.45, 7) is 0. The van der Waals surface area contributed by atoms with Gasteiger partial charge in [0.2, 0.25) is 0 Å². The summed E-state index contributed by atoms with van der Waals surface area (Å²) in [6.07, 6.45) is 5.32. The first kappa shape index (κ1) is 15.2. The predicted octanol–water partition coefficient (Wildman–Crippen LogP) is 1.11. The Labute approximate surface area is 122 Å². The highest BCUT2D eigenvalue weighted by Gasteiger charge is 2.34. The molecule has 1 aliphatic carbocycles. The zero-order chi connectivity index (χ0) is 15.2. The van der Waals surface area contributed by atoms with Crippen molar-refractivity contribution in [2.45, 2.75) is 31.7 Å². The Morgan fingerprint density at radius 1 is 1.38 bits per heavy atom. The zero-order valence-electron chi connectivity index (χ0n) is 11.9. The number of nitrogens with one attached hydrogen (secondary N) is 1. The van der Waals surface area contributed by atoms with Gasteiger partial charge in [0.25, 0.3) is 5.91 Å². The Bertz CT molecular complexity index is 530. The lowest BCUT2D eigenvalue weighted by atomic mass is 9.83. The molecule has 0 bridgehead atoms. The highest BCUT2D eigenvalue weighted by atomic mass is 16.5. The number of hydrogen-bond donors (Lipinski definition) is 1. The minimum Gasteiger partial charge on any atom is -0.467 e. The van der Waals surface area contributed by atoms with Gasteiger partial charge in [-0.3, -0.25) is 14.6 Å². The van der Waals surface area contributed by atoms with Gasteiger partial charge in [0.1, 0.15) is 11.8 Å². The highest BCUT2D eigenvalue weighted by Crippen LogP contribution is 2.25. The van der Waals surface area contributed by atoms with Gasteiger partial charge < -0.3 is 10.1 Å². The number of methoxy groups -OCH3 is 1. The van der Waals surface area contributed by atoms with Gasteiger partial charge in [-0.15, -0.1) is 0 Å². The molecular weight excluding hydrogens is 272 g/mol. The van der Waals surface area contributed by atoms with E-state index >= 15 is 0 Å². The van der Waals surface area contributed by atoms with Crippen molar-refractivity contribution in [1.82, 2.24) is 10.3 Å². The first-order chi connectivity index (χ1) is 10.1. The molecule has 1 aromatic heterocycles. The summed E-state index contributed by atoms with van der Waals surface area (Å²) in [6, 6.07) is 2.34. The third-order valence-electron chi connectivity index (χ3n) is 3.68. The van der Waals surface area contributed by atoms with Crippen molar-refractivity contribution in [3.63, 3.8) is 0 Å². The number of Topliss-reactive ketones (excluding diaryl/α,β-unsaturated/α-hetero) is 1. The van der Waals surface area contributed by atoms with Crippen LogP contribution in [0.25, 0.3) is 0 Å². The van der Waals surface area contributed by atoms with Gasteiger partial charge in [-0.05, 0) is 30.9 Å². The van der Waals surface area contributed by atoms with Crippen LogP contribution in [0.2, 0.25) is 0 Å². The van der Waals surface area contributed by atoms with E-state index in [4.69, 9.17) is 4.74 Å². The first-order valence-corrected chi connectivity index (χ1v) is 6.92. The van der Waals surface area contributed by atoms with E-state index in [9.17, 15) is 14.4 Å². The molecule has 112 valence electrons. The number of nitrogens with zero attached hydrogens (tertiary/aromatic N) is 1. The first-order valence-electron chi connectivity index (χ1n) is 6.92. The summed E-state index contributed by atoms with van der Waals surface area (Å²) < 4.78 is 4.76. The lowest BCUT2D eigenvalue weighted by molar-refractivity contribution is -0.145. The second-order valence-electron chi connectivity index (χ2n) is 5.11. The molecule has 1 N–H and O–H groups in total. The number of ketones is 1. The molecule has 2 atom stereocenters. The number of ether oxygens (including phenoxy) is 1. The van der Waals surface area contributed by atoms with Crippen molar-refractivity contribution in [3.8, 4) is 0 Å². The second kappa shape index (κ2) is 6.97. The van der Waals surface area contributed by atoms with Gasteiger partial charge in [-0.25, -0.2) is 4.79 Å². The largest absolute Gasteiger partial charge is 0.467 e. The summed E-state index contributed by atoms with van der Waals surface area (Å²) >= 11 is 0. The third kappa shape index (κ3) is 3.87. The van der Waals surface area contributed by atoms with E-state index in [-0.39, 0.29) is 17.6 Å². The van der Waals surface area contributed by atoms with Crippen LogP contribution in [0.1, 0.15) is 36.0 Å². The molecule has 1 heterocycles. The van der Waals surface area contributed by atoms with Gasteiger partial charge in [-0.2, -0.15) is 0 Å². The van der Waals surface area contributed by atoms with Crippen LogP contribution in [0, 0.1) is 5.92 Å². The number of pyridine rings is 1. The standard InChI is InChI=1S/C15H18N2O4/c1-21-15(20)13(11-3-2-4-12(18)9-11)17-14(19)10-5-7-16-8-6-10/h5-8,11,13H,2-4,9H2,1H3,(H,17,19)/t11-,13+/m1/s1. The monoisotopic (exact) mass is 290 g/mol. The van der Waals surface area contributed by atoms with Crippen LogP contribution in [0.15, 0.2) is 24.5 Å². The van der Waals surface area contributed by atoms with Crippen molar-refractivity contribution in [3.05, 3.63) is 30.1 Å². The SMILES string of the molecule is COC(=O)[C@@H](NC(=O)c1ccncc1)[C@@H]1CCCC(=O)C1. The third-order valence-corrected chi connectivity index (χ3v) is 3.68. The van der Waals surface area contributed by atoms with Crippen LogP contribution in [0.4, 0.5) is 0 Å². The Morgan fingerprint density at radius 2 is 2.10 bits per heavy atom. The molecule has 1 amide bonds. The molecule has 0 unspecified atom stereocenters. The van der Waals surface area contributed by atoms with E-state index in [1.807, 2.05) is 0 Å². The summed E-state index contributed by atoms with van der Waals surface area (Å²) in [5.41, 5.74) is 0.418. The number of carbonyl (C=O) groups excluding carboxylic acids is 3. The Balaban J connectivity index is 2.11. The number of rotatable bonds is 4. The van der Waals surface area contributed by atoms with Crippen LogP contribution in [0.3, 0.4) is 0 Å². The topological polar surface area (TPSA) is 85.4 Å². The molecule has 0 saturated heterocycles. The van der Waals surface area contributed by atoms with Crippen LogP contribution in [-0.2, 0) is 14.3 Å². The van der Waals surface area contributed by atoms with Gasteiger partial charge in [0.15, 0.2) is 0 Å².